The number of fused-ring (bicyclic) bond motifs is 2. The highest BCUT2D eigenvalue weighted by Crippen LogP contribution is 2.50. The number of aromatic nitrogens is 3. The van der Waals surface area contributed by atoms with Crippen LogP contribution in [-0.4, -0.2) is 45.8 Å². The van der Waals surface area contributed by atoms with Crippen LogP contribution in [0.2, 0.25) is 0 Å². The van der Waals surface area contributed by atoms with E-state index in [4.69, 9.17) is 24.2 Å². The van der Waals surface area contributed by atoms with E-state index in [1.54, 1.807) is 24.5 Å². The molecule has 4 heterocycles. The minimum atomic E-state index is -0.748. The molecule has 11 nitrogen and oxygen atoms in total. The number of hydrogen-bond acceptors (Lipinski definition) is 9. The molecule has 2 aliphatic carbocycles. The van der Waals surface area contributed by atoms with Crippen molar-refractivity contribution in [3.05, 3.63) is 57.9 Å². The van der Waals surface area contributed by atoms with Crippen LogP contribution >= 0.6 is 0 Å². The number of esters is 1. The second kappa shape index (κ2) is 11.4. The van der Waals surface area contributed by atoms with Gasteiger partial charge in [-0.15, -0.1) is 0 Å². The third-order valence-electron chi connectivity index (χ3n) is 8.92. The van der Waals surface area contributed by atoms with E-state index in [1.807, 2.05) is 26.8 Å². The summed E-state index contributed by atoms with van der Waals surface area (Å²) in [7, 11) is 0. The summed E-state index contributed by atoms with van der Waals surface area (Å²) in [6.45, 7) is 8.79. The molecule has 220 valence electrons. The fourth-order valence-corrected chi connectivity index (χ4v) is 5.82. The number of nitrogens with one attached hydrogen (secondary N) is 1. The molecule has 0 aromatic carbocycles. The molecule has 42 heavy (non-hydrogen) atoms. The first kappa shape index (κ1) is 28.2. The molecule has 0 spiro atoms. The predicted molar refractivity (Wildman–Crippen MR) is 158 cm³/mol. The maximum atomic E-state index is 12.4. The minimum Gasteiger partial charge on any atom is -0.474 e. The van der Waals surface area contributed by atoms with Gasteiger partial charge in [0.05, 0.1) is 28.3 Å². The van der Waals surface area contributed by atoms with E-state index >= 15 is 0 Å². The summed E-state index contributed by atoms with van der Waals surface area (Å²) in [6.07, 6.45) is 9.35. The molecule has 6 rings (SSSR count). The molecule has 2 fully saturated rings. The third-order valence-corrected chi connectivity index (χ3v) is 8.92. The first-order valence-electron chi connectivity index (χ1n) is 14.9. The first-order valence-corrected chi connectivity index (χ1v) is 14.9. The Kier molecular flexibility index (Phi) is 7.64. The van der Waals surface area contributed by atoms with E-state index in [2.05, 4.69) is 27.3 Å². The van der Waals surface area contributed by atoms with Crippen LogP contribution in [0, 0.1) is 5.92 Å². The molecule has 0 radical (unpaired) electrons. The van der Waals surface area contributed by atoms with Gasteiger partial charge in [0.2, 0.25) is 5.88 Å². The van der Waals surface area contributed by atoms with Crippen LogP contribution in [0.15, 0.2) is 35.7 Å². The van der Waals surface area contributed by atoms with Crippen molar-refractivity contribution in [2.75, 3.05) is 11.9 Å². The fraction of sp³-hybridized carbons (Fsp3) is 0.548. The number of anilines is 2. The number of nitrogens with zero attached hydrogens (tertiary/aromatic N) is 6. The Bertz CT molecular complexity index is 1550. The van der Waals surface area contributed by atoms with Crippen LogP contribution < -0.4 is 10.1 Å². The highest BCUT2D eigenvalue weighted by atomic mass is 16.5. The average molecular weight is 572 g/mol. The van der Waals surface area contributed by atoms with Crippen LogP contribution in [0.5, 0.6) is 5.88 Å². The number of unbranched alkanes of at least 4 members (excludes halogenated alkanes) is 1. The lowest BCUT2D eigenvalue weighted by atomic mass is 9.86. The van der Waals surface area contributed by atoms with Gasteiger partial charge in [0, 0.05) is 42.7 Å². The monoisotopic (exact) mass is 571 g/mol. The topological polar surface area (TPSA) is 144 Å². The van der Waals surface area contributed by atoms with Crippen molar-refractivity contribution < 1.29 is 19.0 Å². The summed E-state index contributed by atoms with van der Waals surface area (Å²) in [5.74, 6) is 1.51. The second-order valence-electron chi connectivity index (χ2n) is 11.9. The first-order chi connectivity index (χ1) is 20.3. The van der Waals surface area contributed by atoms with Gasteiger partial charge in [-0.2, -0.15) is 0 Å². The molecule has 2 saturated carbocycles. The summed E-state index contributed by atoms with van der Waals surface area (Å²) in [5, 5.41) is 9.20. The van der Waals surface area contributed by atoms with Crippen LogP contribution in [0.4, 0.5) is 11.6 Å². The Morgan fingerprint density at radius 3 is 2.69 bits per heavy atom. The standard InChI is InChI=1S/C31H37N7O4/c1-5-6-11-40-20-12-21(13-20)42-29-24-15-33-27(14-23(24)25(16-34-29)31(4,37-38-32)19-7-8-19)35-26-10-9-22-28(36-26)17(2)18(3)41-30(22)39/h9-10,14-21H,5-8,11-13H2,1-4H3,(H,33,35,36)/t17-,18-,20?,21?,31?/m0/s1. The molecule has 11 heteroatoms. The Morgan fingerprint density at radius 2 is 1.95 bits per heavy atom. The van der Waals surface area contributed by atoms with Gasteiger partial charge in [-0.3, -0.25) is 0 Å². The average Bonchev–Trinajstić information content (AvgIpc) is 3.81. The Balaban J connectivity index is 1.32. The molecule has 0 saturated heterocycles. The third kappa shape index (κ3) is 5.34. The lowest BCUT2D eigenvalue weighted by Gasteiger charge is -2.35. The van der Waals surface area contributed by atoms with Crippen LogP contribution in [0.25, 0.3) is 21.2 Å². The van der Waals surface area contributed by atoms with E-state index in [0.717, 1.165) is 61.5 Å². The number of cyclic esters (lactones) is 1. The summed E-state index contributed by atoms with van der Waals surface area (Å²) < 4.78 is 17.7. The summed E-state index contributed by atoms with van der Waals surface area (Å²) in [5.41, 5.74) is 10.7. The van der Waals surface area contributed by atoms with Crippen LogP contribution in [-0.2, 0) is 15.0 Å². The Morgan fingerprint density at radius 1 is 1.14 bits per heavy atom. The van der Waals surface area contributed by atoms with Crippen LogP contribution in [0.3, 0.4) is 0 Å². The summed E-state index contributed by atoms with van der Waals surface area (Å²) >= 11 is 0. The quantitative estimate of drug-likeness (QED) is 0.0844. The predicted octanol–water partition coefficient (Wildman–Crippen LogP) is 7.09. The second-order valence-corrected chi connectivity index (χ2v) is 11.9. The van der Waals surface area contributed by atoms with Crippen molar-refractivity contribution >= 4 is 28.4 Å². The normalized spacial score (nSPS) is 24.5. The fourth-order valence-electron chi connectivity index (χ4n) is 5.82. The van der Waals surface area contributed by atoms with Gasteiger partial charge >= 0.3 is 5.97 Å². The molecule has 1 N–H and O–H groups in total. The van der Waals surface area contributed by atoms with E-state index in [1.165, 1.54) is 0 Å². The highest BCUT2D eigenvalue weighted by Gasteiger charge is 2.44. The number of hydrogen-bond donors (Lipinski definition) is 1. The number of ether oxygens (including phenoxy) is 3. The highest BCUT2D eigenvalue weighted by molar-refractivity contribution is 5.93. The van der Waals surface area contributed by atoms with E-state index in [-0.39, 0.29) is 36.1 Å². The van der Waals surface area contributed by atoms with Crippen molar-refractivity contribution in [3.63, 3.8) is 0 Å². The molecular formula is C31H37N7O4. The van der Waals surface area contributed by atoms with Gasteiger partial charge < -0.3 is 19.5 Å². The molecule has 0 amide bonds. The van der Waals surface area contributed by atoms with Crippen LogP contribution in [0.1, 0.15) is 93.8 Å². The lowest BCUT2D eigenvalue weighted by Crippen LogP contribution is -2.39. The zero-order valence-corrected chi connectivity index (χ0v) is 24.5. The SMILES string of the molecule is CCCCOC1CC(Oc2ncc(C(C)(N=[N+]=[N-])C3CC3)c3cc(Nc4ccc5c(n4)[C@@H](C)[C@H](C)OC5=O)ncc23)C1. The number of azide groups is 1. The van der Waals surface area contributed by atoms with Crippen molar-refractivity contribution in [1.29, 1.82) is 0 Å². The zero-order chi connectivity index (χ0) is 29.4. The smallest absolute Gasteiger partial charge is 0.340 e. The zero-order valence-electron chi connectivity index (χ0n) is 24.5. The van der Waals surface area contributed by atoms with E-state index < -0.39 is 5.54 Å². The van der Waals surface area contributed by atoms with Gasteiger partial charge in [0.1, 0.15) is 23.8 Å². The molecular weight excluding hydrogens is 534 g/mol. The Hall–Kier alpha value is -3.95. The largest absolute Gasteiger partial charge is 0.474 e. The lowest BCUT2D eigenvalue weighted by molar-refractivity contribution is -0.0620. The molecule has 1 unspecified atom stereocenters. The Labute approximate surface area is 245 Å². The van der Waals surface area contributed by atoms with Gasteiger partial charge in [-0.25, -0.2) is 19.7 Å². The minimum absolute atomic E-state index is 0.0266. The van der Waals surface area contributed by atoms with Gasteiger partial charge in [0.15, 0.2) is 0 Å². The summed E-state index contributed by atoms with van der Waals surface area (Å²) in [4.78, 5) is 29.7. The maximum absolute atomic E-state index is 12.4. The number of pyridine rings is 3. The summed E-state index contributed by atoms with van der Waals surface area (Å²) in [6, 6.07) is 5.42. The molecule has 3 atom stereocenters. The van der Waals surface area contributed by atoms with E-state index in [0.29, 0.717) is 28.8 Å². The number of carbonyl (C=O) groups is 1. The molecule has 0 bridgehead atoms. The van der Waals surface area contributed by atoms with E-state index in [9.17, 15) is 10.3 Å². The van der Waals surface area contributed by atoms with Crippen molar-refractivity contribution in [2.45, 2.75) is 96.0 Å². The number of rotatable bonds is 11. The van der Waals surface area contributed by atoms with Crippen molar-refractivity contribution in [2.24, 2.45) is 11.0 Å². The van der Waals surface area contributed by atoms with Gasteiger partial charge in [-0.05, 0) is 73.7 Å². The van der Waals surface area contributed by atoms with Gasteiger partial charge in [0.25, 0.3) is 0 Å². The molecule has 3 aromatic heterocycles. The molecule has 1 aliphatic heterocycles. The van der Waals surface area contributed by atoms with Gasteiger partial charge in [-0.1, -0.05) is 25.4 Å². The van der Waals surface area contributed by atoms with Crippen molar-refractivity contribution in [1.82, 2.24) is 15.0 Å². The van der Waals surface area contributed by atoms with Crippen molar-refractivity contribution in [3.8, 4) is 5.88 Å². The maximum Gasteiger partial charge on any atom is 0.340 e. The molecule has 3 aromatic rings. The number of carbonyl (C=O) groups excluding carboxylic acids is 1. The molecule has 3 aliphatic rings.